The second-order valence-electron chi connectivity index (χ2n) is 4.85. The fourth-order valence-electron chi connectivity index (χ4n) is 2.48. The molecule has 106 valence electrons. The molecular formula is C13H17N5OS. The van der Waals surface area contributed by atoms with E-state index in [2.05, 4.69) is 15.5 Å². The van der Waals surface area contributed by atoms with Crippen LogP contribution in [0.2, 0.25) is 0 Å². The Kier molecular flexibility index (Phi) is 3.77. The molecule has 2 aromatic rings. The Labute approximate surface area is 121 Å². The van der Waals surface area contributed by atoms with Crippen LogP contribution in [0.3, 0.4) is 0 Å². The number of hydrogen-bond donors (Lipinski definition) is 1. The lowest BCUT2D eigenvalue weighted by Crippen LogP contribution is -2.08. The van der Waals surface area contributed by atoms with Gasteiger partial charge >= 0.3 is 0 Å². The molecule has 1 fully saturated rings. The van der Waals surface area contributed by atoms with Crippen LogP contribution in [0.5, 0.6) is 5.75 Å². The summed E-state index contributed by atoms with van der Waals surface area (Å²) in [5, 5.41) is 12.8. The Morgan fingerprint density at radius 2 is 2.15 bits per heavy atom. The highest BCUT2D eigenvalue weighted by Gasteiger charge is 2.22. The van der Waals surface area contributed by atoms with Crippen molar-refractivity contribution in [1.29, 1.82) is 0 Å². The van der Waals surface area contributed by atoms with Crippen molar-refractivity contribution in [2.24, 2.45) is 0 Å². The fraction of sp³-hybridized carbons (Fsp3) is 0.462. The predicted octanol–water partition coefficient (Wildman–Crippen LogP) is 2.53. The van der Waals surface area contributed by atoms with Crippen LogP contribution in [0.15, 0.2) is 28.3 Å². The van der Waals surface area contributed by atoms with Crippen molar-refractivity contribution >= 4 is 17.4 Å². The van der Waals surface area contributed by atoms with Crippen molar-refractivity contribution in [3.05, 3.63) is 18.2 Å². The minimum Gasteiger partial charge on any atom is -0.497 e. The second-order valence-corrected chi connectivity index (χ2v) is 5.86. The lowest BCUT2D eigenvalue weighted by Gasteiger charge is -2.11. The van der Waals surface area contributed by atoms with E-state index < -0.39 is 0 Å². The maximum atomic E-state index is 6.04. The van der Waals surface area contributed by atoms with Crippen LogP contribution in [0.1, 0.15) is 31.7 Å². The zero-order valence-corrected chi connectivity index (χ0v) is 12.1. The predicted molar refractivity (Wildman–Crippen MR) is 76.9 cm³/mol. The molecule has 7 heteroatoms. The number of anilines is 1. The highest BCUT2D eigenvalue weighted by molar-refractivity contribution is 7.99. The third-order valence-corrected chi connectivity index (χ3v) is 4.59. The molecule has 6 nitrogen and oxygen atoms in total. The minimum absolute atomic E-state index is 0.423. The summed E-state index contributed by atoms with van der Waals surface area (Å²) in [6, 6.07) is 6.06. The molecule has 1 aromatic heterocycles. The largest absolute Gasteiger partial charge is 0.497 e. The number of rotatable bonds is 4. The summed E-state index contributed by atoms with van der Waals surface area (Å²) in [5.41, 5.74) is 6.71. The Balaban J connectivity index is 1.83. The van der Waals surface area contributed by atoms with Gasteiger partial charge in [0.2, 0.25) is 5.16 Å². The van der Waals surface area contributed by atoms with E-state index in [-0.39, 0.29) is 0 Å². The molecule has 3 rings (SSSR count). The highest BCUT2D eigenvalue weighted by Crippen LogP contribution is 2.36. The number of nitrogens with zero attached hydrogens (tertiary/aromatic N) is 4. The number of ether oxygens (including phenoxy) is 1. The molecule has 20 heavy (non-hydrogen) atoms. The van der Waals surface area contributed by atoms with E-state index >= 15 is 0 Å². The third kappa shape index (κ3) is 2.58. The highest BCUT2D eigenvalue weighted by atomic mass is 32.2. The van der Waals surface area contributed by atoms with E-state index in [1.54, 1.807) is 7.11 Å². The Morgan fingerprint density at radius 1 is 1.35 bits per heavy atom. The molecular weight excluding hydrogens is 274 g/mol. The standard InChI is InChI=1S/C13H17N5OS/c1-19-10-6-7-12(11(14)8-10)20-13-15-16-17-18(13)9-4-2-3-5-9/h6-9H,2-5,14H2,1H3. The van der Waals surface area contributed by atoms with Gasteiger partial charge in [0.15, 0.2) is 0 Å². The molecule has 0 unspecified atom stereocenters. The first kappa shape index (κ1) is 13.2. The van der Waals surface area contributed by atoms with E-state index in [0.29, 0.717) is 11.7 Å². The molecule has 0 aliphatic heterocycles. The van der Waals surface area contributed by atoms with Crippen LogP contribution >= 0.6 is 11.8 Å². The third-order valence-electron chi connectivity index (χ3n) is 3.55. The van der Waals surface area contributed by atoms with Crippen molar-refractivity contribution in [3.8, 4) is 5.75 Å². The van der Waals surface area contributed by atoms with Gasteiger partial charge in [-0.05, 0) is 47.2 Å². The number of methoxy groups -OCH3 is 1. The zero-order valence-electron chi connectivity index (χ0n) is 11.3. The monoisotopic (exact) mass is 291 g/mol. The first-order valence-electron chi connectivity index (χ1n) is 6.67. The number of aromatic nitrogens is 4. The van der Waals surface area contributed by atoms with E-state index in [9.17, 15) is 0 Å². The quantitative estimate of drug-likeness (QED) is 0.872. The smallest absolute Gasteiger partial charge is 0.214 e. The Morgan fingerprint density at radius 3 is 2.85 bits per heavy atom. The number of hydrogen-bond acceptors (Lipinski definition) is 6. The maximum Gasteiger partial charge on any atom is 0.214 e. The fourth-order valence-corrected chi connectivity index (χ4v) is 3.34. The molecule has 0 atom stereocenters. The van der Waals surface area contributed by atoms with Crippen LogP contribution < -0.4 is 10.5 Å². The summed E-state index contributed by atoms with van der Waals surface area (Å²) < 4.78 is 7.09. The summed E-state index contributed by atoms with van der Waals surface area (Å²) >= 11 is 1.50. The van der Waals surface area contributed by atoms with Gasteiger partial charge in [-0.15, -0.1) is 5.10 Å². The normalized spacial score (nSPS) is 15.7. The molecule has 0 amide bonds. The molecule has 0 bridgehead atoms. The Bertz CT molecular complexity index is 594. The van der Waals surface area contributed by atoms with Gasteiger partial charge in [-0.25, -0.2) is 4.68 Å². The maximum absolute atomic E-state index is 6.04. The minimum atomic E-state index is 0.423. The van der Waals surface area contributed by atoms with Gasteiger partial charge in [0, 0.05) is 16.6 Å². The van der Waals surface area contributed by atoms with Crippen LogP contribution in [0, 0.1) is 0 Å². The number of nitrogens with two attached hydrogens (primary N) is 1. The van der Waals surface area contributed by atoms with Crippen LogP contribution in [0.25, 0.3) is 0 Å². The number of benzene rings is 1. The SMILES string of the molecule is COc1ccc(Sc2nnnn2C2CCCC2)c(N)c1. The molecule has 1 aliphatic rings. The first-order chi connectivity index (χ1) is 9.78. The van der Waals surface area contributed by atoms with Gasteiger partial charge in [-0.2, -0.15) is 0 Å². The molecule has 1 heterocycles. The van der Waals surface area contributed by atoms with Crippen LogP contribution in [-0.2, 0) is 0 Å². The van der Waals surface area contributed by atoms with Gasteiger partial charge in [-0.1, -0.05) is 12.8 Å². The summed E-state index contributed by atoms with van der Waals surface area (Å²) in [4.78, 5) is 0.944. The summed E-state index contributed by atoms with van der Waals surface area (Å²) in [5.74, 6) is 0.752. The number of nitrogen functional groups attached to an aromatic ring is 1. The van der Waals surface area contributed by atoms with Crippen molar-refractivity contribution in [1.82, 2.24) is 20.2 Å². The van der Waals surface area contributed by atoms with Gasteiger partial charge in [-0.3, -0.25) is 0 Å². The summed E-state index contributed by atoms with van der Waals surface area (Å²) in [6.45, 7) is 0. The van der Waals surface area contributed by atoms with Crippen molar-refractivity contribution < 1.29 is 4.74 Å². The number of tetrazole rings is 1. The average molecular weight is 291 g/mol. The Hall–Kier alpha value is -1.76. The van der Waals surface area contributed by atoms with E-state index in [0.717, 1.165) is 28.6 Å². The molecule has 0 spiro atoms. The van der Waals surface area contributed by atoms with Gasteiger partial charge in [0.25, 0.3) is 0 Å². The second kappa shape index (κ2) is 5.70. The molecule has 1 saturated carbocycles. The summed E-state index contributed by atoms with van der Waals surface area (Å²) in [7, 11) is 1.63. The van der Waals surface area contributed by atoms with Crippen molar-refractivity contribution in [2.75, 3.05) is 12.8 Å². The van der Waals surface area contributed by atoms with Gasteiger partial charge in [0.05, 0.1) is 13.2 Å². The lowest BCUT2D eigenvalue weighted by atomic mass is 10.3. The molecule has 2 N–H and O–H groups in total. The molecule has 0 radical (unpaired) electrons. The van der Waals surface area contributed by atoms with Crippen LogP contribution in [0.4, 0.5) is 5.69 Å². The van der Waals surface area contributed by atoms with Crippen molar-refractivity contribution in [3.63, 3.8) is 0 Å². The van der Waals surface area contributed by atoms with Gasteiger partial charge in [0.1, 0.15) is 5.75 Å². The zero-order chi connectivity index (χ0) is 13.9. The van der Waals surface area contributed by atoms with E-state index in [1.807, 2.05) is 22.9 Å². The topological polar surface area (TPSA) is 78.9 Å². The summed E-state index contributed by atoms with van der Waals surface area (Å²) in [6.07, 6.45) is 4.80. The molecule has 1 aliphatic carbocycles. The average Bonchev–Trinajstić information content (AvgIpc) is 3.11. The lowest BCUT2D eigenvalue weighted by molar-refractivity contribution is 0.414. The molecule has 1 aromatic carbocycles. The van der Waals surface area contributed by atoms with Crippen LogP contribution in [-0.4, -0.2) is 27.3 Å². The van der Waals surface area contributed by atoms with Gasteiger partial charge < -0.3 is 10.5 Å². The van der Waals surface area contributed by atoms with E-state index in [1.165, 1.54) is 24.6 Å². The van der Waals surface area contributed by atoms with Crippen molar-refractivity contribution in [2.45, 2.75) is 41.8 Å². The first-order valence-corrected chi connectivity index (χ1v) is 7.49. The van der Waals surface area contributed by atoms with E-state index in [4.69, 9.17) is 10.5 Å². The molecule has 0 saturated heterocycles.